The van der Waals surface area contributed by atoms with Gasteiger partial charge in [0.15, 0.2) is 11.5 Å². The minimum Gasteiger partial charge on any atom is -0.493 e. The molecule has 3 amide bonds. The minimum atomic E-state index is -0.202. The van der Waals surface area contributed by atoms with E-state index >= 15 is 0 Å². The van der Waals surface area contributed by atoms with E-state index in [9.17, 15) is 9.59 Å². The zero-order valence-corrected chi connectivity index (χ0v) is 19.4. The molecule has 0 aliphatic carbocycles. The van der Waals surface area contributed by atoms with Crippen molar-refractivity contribution in [3.63, 3.8) is 0 Å². The molecule has 2 aromatic rings. The molecule has 0 aromatic heterocycles. The summed E-state index contributed by atoms with van der Waals surface area (Å²) in [7, 11) is 3.20. The molecule has 3 rings (SSSR count). The number of nitrogens with one attached hydrogen (secondary N) is 1. The molecule has 1 aliphatic rings. The second kappa shape index (κ2) is 10.9. The highest BCUT2D eigenvalue weighted by molar-refractivity contribution is 5.90. The number of ether oxygens (including phenoxy) is 2. The lowest BCUT2D eigenvalue weighted by Crippen LogP contribution is -2.47. The van der Waals surface area contributed by atoms with E-state index < -0.39 is 0 Å². The van der Waals surface area contributed by atoms with Crippen LogP contribution in [-0.4, -0.2) is 55.6 Å². The number of hydrogen-bond acceptors (Lipinski definition) is 4. The number of carbonyl (C=O) groups excluding carboxylic acids is 2. The topological polar surface area (TPSA) is 71.1 Å². The number of hydrogen-bond donors (Lipinski definition) is 1. The Balaban J connectivity index is 1.64. The van der Waals surface area contributed by atoms with Gasteiger partial charge >= 0.3 is 6.03 Å². The van der Waals surface area contributed by atoms with E-state index in [0.717, 1.165) is 29.7 Å². The zero-order valence-electron chi connectivity index (χ0n) is 19.4. The van der Waals surface area contributed by atoms with Crippen LogP contribution in [-0.2, 0) is 11.3 Å². The fraction of sp³-hybridized carbons (Fsp3) is 0.440. The molecule has 1 atom stereocenters. The van der Waals surface area contributed by atoms with E-state index in [0.29, 0.717) is 37.7 Å². The summed E-state index contributed by atoms with van der Waals surface area (Å²) >= 11 is 0. The first-order valence-corrected chi connectivity index (χ1v) is 11.1. The van der Waals surface area contributed by atoms with Crippen molar-refractivity contribution in [2.45, 2.75) is 33.2 Å². The SMILES string of the molecule is CCN(Cc1ccc(OC)c(OC)c1)C(=O)C1CCCN(C(=O)Nc2cccc(C)c2)C1. The van der Waals surface area contributed by atoms with Gasteiger partial charge in [0, 0.05) is 31.9 Å². The maximum atomic E-state index is 13.3. The van der Waals surface area contributed by atoms with Gasteiger partial charge < -0.3 is 24.6 Å². The quantitative estimate of drug-likeness (QED) is 0.698. The van der Waals surface area contributed by atoms with Crippen LogP contribution in [0.4, 0.5) is 10.5 Å². The molecule has 0 bridgehead atoms. The highest BCUT2D eigenvalue weighted by atomic mass is 16.5. The molecule has 32 heavy (non-hydrogen) atoms. The Bertz CT molecular complexity index is 947. The fourth-order valence-electron chi connectivity index (χ4n) is 4.09. The van der Waals surface area contributed by atoms with Crippen LogP contribution in [0.1, 0.15) is 30.9 Å². The van der Waals surface area contributed by atoms with E-state index in [1.807, 2.05) is 61.2 Å². The summed E-state index contributed by atoms with van der Waals surface area (Å²) in [4.78, 5) is 29.7. The number of piperidine rings is 1. The second-order valence-corrected chi connectivity index (χ2v) is 8.13. The average molecular weight is 440 g/mol. The van der Waals surface area contributed by atoms with Crippen LogP contribution >= 0.6 is 0 Å². The molecule has 1 N–H and O–H groups in total. The molecule has 7 nitrogen and oxygen atoms in total. The molecule has 0 radical (unpaired) electrons. The lowest BCUT2D eigenvalue weighted by atomic mass is 9.96. The number of likely N-dealkylation sites (tertiary alicyclic amines) is 1. The second-order valence-electron chi connectivity index (χ2n) is 8.13. The lowest BCUT2D eigenvalue weighted by molar-refractivity contribution is -0.137. The summed E-state index contributed by atoms with van der Waals surface area (Å²) in [5.74, 6) is 1.18. The van der Waals surface area contributed by atoms with Crippen LogP contribution in [0.15, 0.2) is 42.5 Å². The van der Waals surface area contributed by atoms with Crippen LogP contribution in [0.25, 0.3) is 0 Å². The Morgan fingerprint density at radius 1 is 1.12 bits per heavy atom. The minimum absolute atomic E-state index is 0.0790. The maximum Gasteiger partial charge on any atom is 0.321 e. The van der Waals surface area contributed by atoms with Gasteiger partial charge in [-0.2, -0.15) is 0 Å². The Hall–Kier alpha value is -3.22. The van der Waals surface area contributed by atoms with Gasteiger partial charge in [-0.3, -0.25) is 4.79 Å². The molecular weight excluding hydrogens is 406 g/mol. The molecule has 7 heteroatoms. The normalized spacial score (nSPS) is 15.8. The number of aryl methyl sites for hydroxylation is 1. The Labute approximate surface area is 190 Å². The largest absolute Gasteiger partial charge is 0.493 e. The van der Waals surface area contributed by atoms with E-state index in [2.05, 4.69) is 5.32 Å². The highest BCUT2D eigenvalue weighted by Gasteiger charge is 2.31. The van der Waals surface area contributed by atoms with Crippen molar-refractivity contribution in [2.24, 2.45) is 5.92 Å². The van der Waals surface area contributed by atoms with Crippen LogP contribution in [0.3, 0.4) is 0 Å². The summed E-state index contributed by atoms with van der Waals surface area (Å²) in [5.41, 5.74) is 2.83. The highest BCUT2D eigenvalue weighted by Crippen LogP contribution is 2.28. The van der Waals surface area contributed by atoms with Gasteiger partial charge in [0.1, 0.15) is 0 Å². The van der Waals surface area contributed by atoms with Crippen molar-refractivity contribution in [1.29, 1.82) is 0 Å². The first kappa shape index (κ1) is 23.4. The lowest BCUT2D eigenvalue weighted by Gasteiger charge is -2.35. The van der Waals surface area contributed by atoms with Gasteiger partial charge in [-0.05, 0) is 62.1 Å². The van der Waals surface area contributed by atoms with Gasteiger partial charge in [-0.25, -0.2) is 4.79 Å². The standard InChI is InChI=1S/C25H33N3O4/c1-5-27(16-19-11-12-22(31-3)23(15-19)32-4)24(29)20-9-7-13-28(17-20)25(30)26-21-10-6-8-18(2)14-21/h6,8,10-12,14-15,20H,5,7,9,13,16-17H2,1-4H3,(H,26,30). The first-order valence-electron chi connectivity index (χ1n) is 11.1. The number of nitrogens with zero attached hydrogens (tertiary/aromatic N) is 2. The van der Waals surface area contributed by atoms with E-state index in [1.165, 1.54) is 0 Å². The Morgan fingerprint density at radius 2 is 1.91 bits per heavy atom. The maximum absolute atomic E-state index is 13.3. The molecule has 1 aliphatic heterocycles. The zero-order chi connectivity index (χ0) is 23.1. The summed E-state index contributed by atoms with van der Waals surface area (Å²) < 4.78 is 10.7. The summed E-state index contributed by atoms with van der Waals surface area (Å²) in [6, 6.07) is 13.3. The molecule has 1 unspecified atom stereocenters. The predicted molar refractivity (Wildman–Crippen MR) is 125 cm³/mol. The number of anilines is 1. The third-order valence-electron chi connectivity index (χ3n) is 5.84. The summed E-state index contributed by atoms with van der Waals surface area (Å²) in [6.45, 7) is 6.13. The third-order valence-corrected chi connectivity index (χ3v) is 5.84. The van der Waals surface area contributed by atoms with Crippen molar-refractivity contribution in [3.05, 3.63) is 53.6 Å². The molecule has 0 saturated carbocycles. The van der Waals surface area contributed by atoms with Crippen LogP contribution < -0.4 is 14.8 Å². The monoisotopic (exact) mass is 439 g/mol. The van der Waals surface area contributed by atoms with Crippen LogP contribution in [0.2, 0.25) is 0 Å². The number of amides is 3. The van der Waals surface area contributed by atoms with E-state index in [-0.39, 0.29) is 17.9 Å². The van der Waals surface area contributed by atoms with Gasteiger partial charge in [0.05, 0.1) is 20.1 Å². The van der Waals surface area contributed by atoms with Crippen molar-refractivity contribution in [1.82, 2.24) is 9.80 Å². The molecule has 2 aromatic carbocycles. The molecular formula is C25H33N3O4. The molecule has 1 saturated heterocycles. The molecule has 172 valence electrons. The summed E-state index contributed by atoms with van der Waals surface area (Å²) in [5, 5.41) is 2.95. The fourth-order valence-corrected chi connectivity index (χ4v) is 4.09. The smallest absolute Gasteiger partial charge is 0.321 e. The van der Waals surface area contributed by atoms with Gasteiger partial charge in [0.25, 0.3) is 0 Å². The average Bonchev–Trinajstić information content (AvgIpc) is 2.82. The van der Waals surface area contributed by atoms with Gasteiger partial charge in [0.2, 0.25) is 5.91 Å². The molecule has 0 spiro atoms. The van der Waals surface area contributed by atoms with E-state index in [1.54, 1.807) is 19.1 Å². The molecule has 1 heterocycles. The predicted octanol–water partition coefficient (Wildman–Crippen LogP) is 4.30. The number of urea groups is 1. The van der Waals surface area contributed by atoms with Gasteiger partial charge in [-0.15, -0.1) is 0 Å². The van der Waals surface area contributed by atoms with Crippen molar-refractivity contribution in [2.75, 3.05) is 39.2 Å². The number of carbonyl (C=O) groups is 2. The Kier molecular flexibility index (Phi) is 7.98. The first-order chi connectivity index (χ1) is 15.4. The van der Waals surface area contributed by atoms with Crippen molar-refractivity contribution in [3.8, 4) is 11.5 Å². The van der Waals surface area contributed by atoms with Crippen molar-refractivity contribution >= 4 is 17.6 Å². The van der Waals surface area contributed by atoms with E-state index in [4.69, 9.17) is 9.47 Å². The number of rotatable bonds is 7. The van der Waals surface area contributed by atoms with Crippen LogP contribution in [0.5, 0.6) is 11.5 Å². The van der Waals surface area contributed by atoms with Gasteiger partial charge in [-0.1, -0.05) is 18.2 Å². The molecule has 1 fully saturated rings. The van der Waals surface area contributed by atoms with Crippen LogP contribution in [0, 0.1) is 12.8 Å². The third kappa shape index (κ3) is 5.72. The number of methoxy groups -OCH3 is 2. The number of benzene rings is 2. The Morgan fingerprint density at radius 3 is 2.59 bits per heavy atom. The van der Waals surface area contributed by atoms with Crippen molar-refractivity contribution < 1.29 is 19.1 Å². The summed E-state index contributed by atoms with van der Waals surface area (Å²) in [6.07, 6.45) is 1.60.